The van der Waals surface area contributed by atoms with Crippen molar-refractivity contribution in [1.82, 2.24) is 10.1 Å². The predicted octanol–water partition coefficient (Wildman–Crippen LogP) is 4.13. The Labute approximate surface area is 144 Å². The minimum absolute atomic E-state index is 0.125. The maximum absolute atomic E-state index is 12.3. The molecule has 0 unspecified atom stereocenters. The maximum Gasteiger partial charge on any atom is 0.260 e. The van der Waals surface area contributed by atoms with Gasteiger partial charge in [0.2, 0.25) is 5.91 Å². The van der Waals surface area contributed by atoms with Gasteiger partial charge >= 0.3 is 0 Å². The molecule has 3 rings (SSSR count). The molecule has 5 nitrogen and oxygen atoms in total. The highest BCUT2D eigenvalue weighted by Gasteiger charge is 2.14. The summed E-state index contributed by atoms with van der Waals surface area (Å²) in [5.74, 6) is 0.904. The third kappa shape index (κ3) is 3.81. The number of nitrogens with one attached hydrogen (secondary N) is 1. The molecule has 0 bridgehead atoms. The van der Waals surface area contributed by atoms with Crippen LogP contribution in [0.4, 0.5) is 5.69 Å². The van der Waals surface area contributed by atoms with Gasteiger partial charge in [0, 0.05) is 11.4 Å². The summed E-state index contributed by atoms with van der Waals surface area (Å²) in [6.07, 6.45) is 0.949. The van der Waals surface area contributed by atoms with Crippen LogP contribution >= 0.6 is 11.6 Å². The van der Waals surface area contributed by atoms with E-state index in [2.05, 4.69) is 15.5 Å². The highest BCUT2D eigenvalue weighted by molar-refractivity contribution is 6.30. The quantitative estimate of drug-likeness (QED) is 0.757. The Bertz CT molecular complexity index is 843. The fourth-order valence-corrected chi connectivity index (χ4v) is 2.39. The summed E-state index contributed by atoms with van der Waals surface area (Å²) in [5.41, 5.74) is 2.23. The molecule has 0 aliphatic heterocycles. The van der Waals surface area contributed by atoms with Crippen molar-refractivity contribution in [2.45, 2.75) is 19.8 Å². The van der Waals surface area contributed by atoms with Crippen LogP contribution in [0.25, 0.3) is 11.5 Å². The van der Waals surface area contributed by atoms with Gasteiger partial charge in [0.15, 0.2) is 5.82 Å². The molecule has 3 aromatic rings. The number of benzene rings is 2. The van der Waals surface area contributed by atoms with Crippen molar-refractivity contribution in [3.8, 4) is 11.5 Å². The number of carbonyl (C=O) groups excluding carboxylic acids is 1. The number of carbonyl (C=O) groups is 1. The van der Waals surface area contributed by atoms with Crippen molar-refractivity contribution >= 4 is 23.2 Å². The Morgan fingerprint density at radius 3 is 2.62 bits per heavy atom. The average Bonchev–Trinajstić information content (AvgIpc) is 3.06. The second kappa shape index (κ2) is 7.27. The minimum Gasteiger partial charge on any atom is -0.334 e. The second-order valence-electron chi connectivity index (χ2n) is 5.27. The number of nitrogens with zero attached hydrogens (tertiary/aromatic N) is 2. The summed E-state index contributed by atoms with van der Waals surface area (Å²) in [6, 6.07) is 14.6. The number of amides is 1. The molecule has 0 aliphatic rings. The van der Waals surface area contributed by atoms with Crippen LogP contribution in [0.15, 0.2) is 53.1 Å². The van der Waals surface area contributed by atoms with E-state index in [0.717, 1.165) is 5.56 Å². The number of aromatic nitrogens is 2. The number of para-hydroxylation sites is 1. The highest BCUT2D eigenvalue weighted by atomic mass is 35.5. The monoisotopic (exact) mass is 341 g/mol. The van der Waals surface area contributed by atoms with E-state index in [4.69, 9.17) is 16.1 Å². The Kier molecular flexibility index (Phi) is 4.91. The van der Waals surface area contributed by atoms with Crippen LogP contribution in [0.1, 0.15) is 18.3 Å². The van der Waals surface area contributed by atoms with Crippen molar-refractivity contribution in [3.63, 3.8) is 0 Å². The summed E-state index contributed by atoms with van der Waals surface area (Å²) in [7, 11) is 0. The molecule has 0 fully saturated rings. The van der Waals surface area contributed by atoms with Crippen LogP contribution in [0.5, 0.6) is 0 Å². The van der Waals surface area contributed by atoms with Gasteiger partial charge in [0.05, 0.1) is 17.7 Å². The lowest BCUT2D eigenvalue weighted by molar-refractivity contribution is -0.115. The SMILES string of the molecule is CCc1noc(-c2ccccc2NC(=O)Cc2ccc(Cl)cc2)n1. The smallest absolute Gasteiger partial charge is 0.260 e. The fourth-order valence-electron chi connectivity index (χ4n) is 2.27. The molecule has 1 amide bonds. The first-order valence-electron chi connectivity index (χ1n) is 7.62. The highest BCUT2D eigenvalue weighted by Crippen LogP contribution is 2.26. The van der Waals surface area contributed by atoms with Crippen LogP contribution in [0, 0.1) is 0 Å². The molecule has 1 aromatic heterocycles. The first-order valence-corrected chi connectivity index (χ1v) is 8.00. The standard InChI is InChI=1S/C18H16ClN3O2/c1-2-16-21-18(24-22-16)14-5-3-4-6-15(14)20-17(23)11-12-7-9-13(19)10-8-12/h3-10H,2,11H2,1H3,(H,20,23). The lowest BCUT2D eigenvalue weighted by atomic mass is 10.1. The van der Waals surface area contributed by atoms with Gasteiger partial charge in [-0.15, -0.1) is 0 Å². The lowest BCUT2D eigenvalue weighted by Crippen LogP contribution is -2.15. The van der Waals surface area contributed by atoms with Gasteiger partial charge in [-0.3, -0.25) is 4.79 Å². The van der Waals surface area contributed by atoms with E-state index < -0.39 is 0 Å². The summed E-state index contributed by atoms with van der Waals surface area (Å²) in [4.78, 5) is 16.6. The summed E-state index contributed by atoms with van der Waals surface area (Å²) in [6.45, 7) is 1.95. The Hall–Kier alpha value is -2.66. The van der Waals surface area contributed by atoms with Crippen LogP contribution in [-0.2, 0) is 17.6 Å². The summed E-state index contributed by atoms with van der Waals surface area (Å²) < 4.78 is 5.27. The zero-order valence-electron chi connectivity index (χ0n) is 13.1. The second-order valence-corrected chi connectivity index (χ2v) is 5.70. The normalized spacial score (nSPS) is 10.6. The first kappa shape index (κ1) is 16.2. The molecule has 122 valence electrons. The van der Waals surface area contributed by atoms with E-state index in [1.165, 1.54) is 0 Å². The van der Waals surface area contributed by atoms with Gasteiger partial charge in [-0.25, -0.2) is 0 Å². The number of aryl methyl sites for hydroxylation is 1. The molecule has 2 aromatic carbocycles. The molecule has 1 heterocycles. The van der Waals surface area contributed by atoms with Crippen LogP contribution in [0.2, 0.25) is 5.02 Å². The molecule has 0 spiro atoms. The minimum atomic E-state index is -0.125. The van der Waals surface area contributed by atoms with Gasteiger partial charge < -0.3 is 9.84 Å². The van der Waals surface area contributed by atoms with E-state index in [1.807, 2.05) is 43.3 Å². The topological polar surface area (TPSA) is 68.0 Å². The molecule has 0 saturated heterocycles. The van der Waals surface area contributed by atoms with E-state index in [0.29, 0.717) is 34.4 Å². The third-order valence-corrected chi connectivity index (χ3v) is 3.75. The zero-order chi connectivity index (χ0) is 16.9. The van der Waals surface area contributed by atoms with Gasteiger partial charge in [0.25, 0.3) is 5.89 Å². The van der Waals surface area contributed by atoms with Gasteiger partial charge in [-0.05, 0) is 29.8 Å². The van der Waals surface area contributed by atoms with Crippen molar-refractivity contribution in [2.75, 3.05) is 5.32 Å². The molecule has 0 aliphatic carbocycles. The van der Waals surface area contributed by atoms with E-state index in [9.17, 15) is 4.79 Å². The van der Waals surface area contributed by atoms with E-state index >= 15 is 0 Å². The van der Waals surface area contributed by atoms with Gasteiger partial charge in [0.1, 0.15) is 0 Å². The number of rotatable bonds is 5. The average molecular weight is 342 g/mol. The van der Waals surface area contributed by atoms with Crippen molar-refractivity contribution in [2.24, 2.45) is 0 Å². The molecular weight excluding hydrogens is 326 g/mol. The molecule has 0 atom stereocenters. The van der Waals surface area contributed by atoms with Crippen LogP contribution in [-0.4, -0.2) is 16.0 Å². The fraction of sp³-hybridized carbons (Fsp3) is 0.167. The summed E-state index contributed by atoms with van der Waals surface area (Å²) in [5, 5.41) is 7.44. The Morgan fingerprint density at radius 1 is 1.17 bits per heavy atom. The number of anilines is 1. The van der Waals surface area contributed by atoms with Gasteiger partial charge in [-0.1, -0.05) is 47.9 Å². The molecule has 6 heteroatoms. The molecule has 24 heavy (non-hydrogen) atoms. The molecule has 1 N–H and O–H groups in total. The van der Waals surface area contributed by atoms with E-state index in [1.54, 1.807) is 12.1 Å². The predicted molar refractivity (Wildman–Crippen MR) is 92.9 cm³/mol. The molecule has 0 saturated carbocycles. The van der Waals surface area contributed by atoms with Crippen molar-refractivity contribution < 1.29 is 9.32 Å². The number of hydrogen-bond donors (Lipinski definition) is 1. The van der Waals surface area contributed by atoms with Crippen molar-refractivity contribution in [1.29, 1.82) is 0 Å². The zero-order valence-corrected chi connectivity index (χ0v) is 13.9. The van der Waals surface area contributed by atoms with Gasteiger partial charge in [-0.2, -0.15) is 4.98 Å². The van der Waals surface area contributed by atoms with Crippen LogP contribution < -0.4 is 5.32 Å². The maximum atomic E-state index is 12.3. The Balaban J connectivity index is 1.77. The third-order valence-electron chi connectivity index (χ3n) is 3.49. The lowest BCUT2D eigenvalue weighted by Gasteiger charge is -2.08. The number of halogens is 1. The molecule has 0 radical (unpaired) electrons. The van der Waals surface area contributed by atoms with Crippen molar-refractivity contribution in [3.05, 3.63) is 64.9 Å². The summed E-state index contributed by atoms with van der Waals surface area (Å²) >= 11 is 5.86. The number of hydrogen-bond acceptors (Lipinski definition) is 4. The van der Waals surface area contributed by atoms with E-state index in [-0.39, 0.29) is 12.3 Å². The first-order chi connectivity index (χ1) is 11.7. The Morgan fingerprint density at radius 2 is 1.92 bits per heavy atom. The largest absolute Gasteiger partial charge is 0.334 e. The molecular formula is C18H16ClN3O2. The van der Waals surface area contributed by atoms with Crippen LogP contribution in [0.3, 0.4) is 0 Å².